The molecule has 2 N–H and O–H groups in total. The van der Waals surface area contributed by atoms with Crippen LogP contribution in [0.5, 0.6) is 6.01 Å². The van der Waals surface area contributed by atoms with Gasteiger partial charge in [0.25, 0.3) is 0 Å². The zero-order chi connectivity index (χ0) is 15.0. The number of nitrogens with zero attached hydrogens (tertiary/aromatic N) is 3. The first kappa shape index (κ1) is 16.6. The highest BCUT2D eigenvalue weighted by Crippen LogP contribution is 2.11. The summed E-state index contributed by atoms with van der Waals surface area (Å²) in [6.45, 7) is 7.68. The van der Waals surface area contributed by atoms with Crippen LogP contribution in [-0.2, 0) is 10.8 Å². The second-order valence-electron chi connectivity index (χ2n) is 4.25. The third kappa shape index (κ3) is 5.68. The fraction of sp³-hybridized carbons (Fsp3) is 0.750. The minimum atomic E-state index is -0.813. The molecule has 0 saturated heterocycles. The topological polar surface area (TPSA) is 89.0 Å². The smallest absolute Gasteiger partial charge is 0.323 e. The van der Waals surface area contributed by atoms with E-state index in [1.54, 1.807) is 6.26 Å². The molecule has 2 unspecified atom stereocenters. The SMILES string of the molecule is CCNc1nc(NCCC(C)S(C)=O)nc(OCC)n1. The van der Waals surface area contributed by atoms with Crippen LogP contribution in [0.25, 0.3) is 0 Å². The summed E-state index contributed by atoms with van der Waals surface area (Å²) in [5, 5.41) is 6.29. The third-order valence-electron chi connectivity index (χ3n) is 2.62. The highest BCUT2D eigenvalue weighted by molar-refractivity contribution is 7.84. The molecule has 114 valence electrons. The molecule has 8 heteroatoms. The van der Waals surface area contributed by atoms with E-state index < -0.39 is 10.8 Å². The molecule has 1 rings (SSSR count). The maximum Gasteiger partial charge on any atom is 0.323 e. The van der Waals surface area contributed by atoms with Gasteiger partial charge in [0.15, 0.2) is 0 Å². The van der Waals surface area contributed by atoms with Gasteiger partial charge in [-0.15, -0.1) is 0 Å². The van der Waals surface area contributed by atoms with Crippen LogP contribution in [0.3, 0.4) is 0 Å². The lowest BCUT2D eigenvalue weighted by molar-refractivity contribution is 0.312. The summed E-state index contributed by atoms with van der Waals surface area (Å²) in [6.07, 6.45) is 2.50. The van der Waals surface area contributed by atoms with Gasteiger partial charge in [-0.2, -0.15) is 15.0 Å². The average Bonchev–Trinajstić information content (AvgIpc) is 2.39. The van der Waals surface area contributed by atoms with E-state index in [2.05, 4.69) is 25.6 Å². The molecule has 0 aromatic carbocycles. The van der Waals surface area contributed by atoms with Gasteiger partial charge in [0, 0.05) is 35.4 Å². The van der Waals surface area contributed by atoms with E-state index in [9.17, 15) is 4.21 Å². The minimum absolute atomic E-state index is 0.143. The quantitative estimate of drug-likeness (QED) is 0.710. The molecule has 7 nitrogen and oxygen atoms in total. The molecule has 0 fully saturated rings. The predicted molar refractivity (Wildman–Crippen MR) is 81.8 cm³/mol. The van der Waals surface area contributed by atoms with Gasteiger partial charge in [-0.1, -0.05) is 6.92 Å². The number of rotatable bonds is 9. The lowest BCUT2D eigenvalue weighted by Gasteiger charge is -2.11. The van der Waals surface area contributed by atoms with Crippen molar-refractivity contribution in [2.45, 2.75) is 32.4 Å². The van der Waals surface area contributed by atoms with E-state index in [1.165, 1.54) is 0 Å². The second kappa shape index (κ2) is 8.68. The molecule has 0 spiro atoms. The Bertz CT molecular complexity index is 420. The number of nitrogens with one attached hydrogen (secondary N) is 2. The van der Waals surface area contributed by atoms with Crippen LogP contribution >= 0.6 is 0 Å². The van der Waals surface area contributed by atoms with Crippen LogP contribution < -0.4 is 15.4 Å². The van der Waals surface area contributed by atoms with Gasteiger partial charge in [0.1, 0.15) is 0 Å². The van der Waals surface area contributed by atoms with E-state index in [1.807, 2.05) is 20.8 Å². The number of aromatic nitrogens is 3. The normalized spacial score (nSPS) is 13.6. The lowest BCUT2D eigenvalue weighted by atomic mass is 10.3. The average molecular weight is 301 g/mol. The number of anilines is 2. The minimum Gasteiger partial charge on any atom is -0.464 e. The molecule has 0 saturated carbocycles. The molecular formula is C12H23N5O2S. The van der Waals surface area contributed by atoms with Crippen LogP contribution in [0.1, 0.15) is 27.2 Å². The van der Waals surface area contributed by atoms with Gasteiger partial charge in [-0.25, -0.2) is 0 Å². The number of hydrogen-bond donors (Lipinski definition) is 2. The molecule has 0 aliphatic carbocycles. The maximum atomic E-state index is 11.3. The van der Waals surface area contributed by atoms with Crippen molar-refractivity contribution >= 4 is 22.7 Å². The zero-order valence-electron chi connectivity index (χ0n) is 12.5. The van der Waals surface area contributed by atoms with E-state index >= 15 is 0 Å². The van der Waals surface area contributed by atoms with Crippen molar-refractivity contribution in [1.82, 2.24) is 15.0 Å². The molecule has 1 heterocycles. The summed E-state index contributed by atoms with van der Waals surface area (Å²) in [6, 6.07) is 0.299. The van der Waals surface area contributed by atoms with Gasteiger partial charge in [-0.05, 0) is 20.3 Å². The van der Waals surface area contributed by atoms with Gasteiger partial charge < -0.3 is 15.4 Å². The van der Waals surface area contributed by atoms with Gasteiger partial charge in [-0.3, -0.25) is 4.21 Å². The molecule has 0 amide bonds. The number of hydrogen-bond acceptors (Lipinski definition) is 7. The van der Waals surface area contributed by atoms with E-state index in [0.29, 0.717) is 31.1 Å². The number of ether oxygens (including phenoxy) is 1. The summed E-state index contributed by atoms with van der Waals surface area (Å²) in [5.74, 6) is 0.953. The third-order valence-corrected chi connectivity index (χ3v) is 3.99. The van der Waals surface area contributed by atoms with Crippen molar-refractivity contribution in [2.24, 2.45) is 0 Å². The summed E-state index contributed by atoms with van der Waals surface area (Å²) in [4.78, 5) is 12.6. The Balaban J connectivity index is 2.65. The highest BCUT2D eigenvalue weighted by Gasteiger charge is 2.09. The van der Waals surface area contributed by atoms with E-state index in [-0.39, 0.29) is 5.25 Å². The molecule has 20 heavy (non-hydrogen) atoms. The molecule has 0 aliphatic heterocycles. The first-order valence-electron chi connectivity index (χ1n) is 6.75. The van der Waals surface area contributed by atoms with Crippen LogP contribution in [-0.4, -0.2) is 50.4 Å². The lowest BCUT2D eigenvalue weighted by Crippen LogP contribution is -2.17. The Kier molecular flexibility index (Phi) is 7.21. The summed E-state index contributed by atoms with van der Waals surface area (Å²) < 4.78 is 16.6. The van der Waals surface area contributed by atoms with Crippen LogP contribution in [0.4, 0.5) is 11.9 Å². The van der Waals surface area contributed by atoms with Crippen molar-refractivity contribution < 1.29 is 8.95 Å². The summed E-state index contributed by atoms with van der Waals surface area (Å²) in [5.41, 5.74) is 0. The van der Waals surface area contributed by atoms with Gasteiger partial charge in [0.05, 0.1) is 6.61 Å². The zero-order valence-corrected chi connectivity index (χ0v) is 13.3. The molecule has 0 bridgehead atoms. The van der Waals surface area contributed by atoms with Crippen LogP contribution in [0, 0.1) is 0 Å². The molecule has 0 aliphatic rings. The Hall–Kier alpha value is -1.44. The Labute approximate surface area is 122 Å². The fourth-order valence-electron chi connectivity index (χ4n) is 1.42. The molecular weight excluding hydrogens is 278 g/mol. The summed E-state index contributed by atoms with van der Waals surface area (Å²) >= 11 is 0. The van der Waals surface area contributed by atoms with Crippen molar-refractivity contribution in [3.05, 3.63) is 0 Å². The van der Waals surface area contributed by atoms with Crippen LogP contribution in [0.15, 0.2) is 0 Å². The van der Waals surface area contributed by atoms with Gasteiger partial charge in [0.2, 0.25) is 11.9 Å². The molecule has 1 aromatic heterocycles. The van der Waals surface area contributed by atoms with Crippen molar-refractivity contribution in [3.63, 3.8) is 0 Å². The van der Waals surface area contributed by atoms with Crippen molar-refractivity contribution in [3.8, 4) is 6.01 Å². The van der Waals surface area contributed by atoms with Crippen molar-refractivity contribution in [2.75, 3.05) is 36.6 Å². The Morgan fingerprint density at radius 3 is 2.40 bits per heavy atom. The first-order chi connectivity index (χ1) is 9.56. The Morgan fingerprint density at radius 2 is 1.85 bits per heavy atom. The highest BCUT2D eigenvalue weighted by atomic mass is 32.2. The predicted octanol–water partition coefficient (Wildman–Crippen LogP) is 1.27. The first-order valence-corrected chi connectivity index (χ1v) is 8.37. The summed E-state index contributed by atoms with van der Waals surface area (Å²) in [7, 11) is -0.813. The standard InChI is InChI=1S/C12H23N5O2S/c1-5-13-10-15-11(17-12(16-10)19-6-2)14-8-7-9(3)20(4)18/h9H,5-8H2,1-4H3,(H2,13,14,15,16,17). The maximum absolute atomic E-state index is 11.3. The molecule has 2 atom stereocenters. The van der Waals surface area contributed by atoms with E-state index in [4.69, 9.17) is 4.74 Å². The molecule has 1 aromatic rings. The molecule has 0 radical (unpaired) electrons. The van der Waals surface area contributed by atoms with Gasteiger partial charge >= 0.3 is 6.01 Å². The van der Waals surface area contributed by atoms with Crippen molar-refractivity contribution in [1.29, 1.82) is 0 Å². The van der Waals surface area contributed by atoms with E-state index in [0.717, 1.165) is 13.0 Å². The van der Waals surface area contributed by atoms with Crippen LogP contribution in [0.2, 0.25) is 0 Å². The Morgan fingerprint density at radius 1 is 1.20 bits per heavy atom. The largest absolute Gasteiger partial charge is 0.464 e. The fourth-order valence-corrected chi connectivity index (χ4v) is 1.87. The second-order valence-corrected chi connectivity index (χ2v) is 6.06. The monoisotopic (exact) mass is 301 g/mol.